The molecule has 2 fully saturated rings. The highest BCUT2D eigenvalue weighted by Crippen LogP contribution is 2.48. The van der Waals surface area contributed by atoms with Gasteiger partial charge in [-0.1, -0.05) is 70.4 Å². The van der Waals surface area contributed by atoms with E-state index in [-0.39, 0.29) is 36.6 Å². The Morgan fingerprint density at radius 3 is 2.49 bits per heavy atom. The van der Waals surface area contributed by atoms with E-state index in [1.54, 1.807) is 0 Å². The number of ether oxygens (including phenoxy) is 2. The van der Waals surface area contributed by atoms with Crippen molar-refractivity contribution in [3.05, 3.63) is 29.3 Å². The molecule has 0 aliphatic heterocycles. The van der Waals surface area contributed by atoms with E-state index in [0.717, 1.165) is 76.2 Å². The number of carboxylic acids is 1. The van der Waals surface area contributed by atoms with Crippen LogP contribution < -0.4 is 4.74 Å². The average molecular weight is 543 g/mol. The number of aliphatic carboxylic acids is 1. The number of carbonyl (C=O) groups is 2. The third-order valence-corrected chi connectivity index (χ3v) is 9.62. The second-order valence-electron chi connectivity index (χ2n) is 12.4. The van der Waals surface area contributed by atoms with Crippen molar-refractivity contribution in [2.24, 2.45) is 23.7 Å². The number of benzene rings is 1. The molecule has 0 unspecified atom stereocenters. The van der Waals surface area contributed by atoms with Crippen LogP contribution in [0.1, 0.15) is 114 Å². The standard InChI is InChI=1S/C33H50O6/c1-2-3-4-5-6-7-8-15-26(39-33(37)23-12-9-10-13-23)17-18-27-28-19-24-14-11-16-31(38-22-32(35)36)29(24)20-25(28)21-30(27)34/h11,14,16,23,25-28,30,34H,2-10,12-13,15,17-22H2,1H3,(H,35,36)/t25-,26-,27+,28-,30+/m0/s1. The van der Waals surface area contributed by atoms with Crippen LogP contribution in [0.3, 0.4) is 0 Å². The van der Waals surface area contributed by atoms with Gasteiger partial charge in [0.05, 0.1) is 12.0 Å². The van der Waals surface area contributed by atoms with Gasteiger partial charge in [-0.2, -0.15) is 0 Å². The van der Waals surface area contributed by atoms with Gasteiger partial charge in [-0.05, 0) is 92.7 Å². The van der Waals surface area contributed by atoms with Gasteiger partial charge >= 0.3 is 11.9 Å². The van der Waals surface area contributed by atoms with Gasteiger partial charge in [-0.25, -0.2) is 4.79 Å². The van der Waals surface area contributed by atoms with Crippen molar-refractivity contribution in [1.82, 2.24) is 0 Å². The Morgan fingerprint density at radius 2 is 1.74 bits per heavy atom. The van der Waals surface area contributed by atoms with Crippen LogP contribution in [0.15, 0.2) is 18.2 Å². The normalized spacial score (nSPS) is 25.2. The maximum Gasteiger partial charge on any atom is 0.341 e. The van der Waals surface area contributed by atoms with E-state index < -0.39 is 5.97 Å². The molecule has 0 amide bonds. The Morgan fingerprint density at radius 1 is 1.00 bits per heavy atom. The molecular weight excluding hydrogens is 492 g/mol. The van der Waals surface area contributed by atoms with Gasteiger partial charge in [0, 0.05) is 0 Å². The summed E-state index contributed by atoms with van der Waals surface area (Å²) in [5.74, 6) is 0.744. The molecular formula is C33H50O6. The third kappa shape index (κ3) is 8.45. The van der Waals surface area contributed by atoms with E-state index in [2.05, 4.69) is 13.0 Å². The summed E-state index contributed by atoms with van der Waals surface area (Å²) in [4.78, 5) is 23.9. The van der Waals surface area contributed by atoms with Crippen molar-refractivity contribution >= 4 is 11.9 Å². The van der Waals surface area contributed by atoms with E-state index in [1.165, 1.54) is 44.1 Å². The molecule has 2 N–H and O–H groups in total. The number of fused-ring (bicyclic) bond motifs is 2. The zero-order chi connectivity index (χ0) is 27.6. The van der Waals surface area contributed by atoms with Crippen molar-refractivity contribution < 1.29 is 29.3 Å². The molecule has 1 aromatic rings. The van der Waals surface area contributed by atoms with Gasteiger partial charge < -0.3 is 19.7 Å². The molecule has 5 atom stereocenters. The van der Waals surface area contributed by atoms with E-state index in [9.17, 15) is 14.7 Å². The molecule has 6 nitrogen and oxygen atoms in total. The fourth-order valence-corrected chi connectivity index (χ4v) is 7.47. The first-order valence-electron chi connectivity index (χ1n) is 15.8. The smallest absolute Gasteiger partial charge is 0.341 e. The summed E-state index contributed by atoms with van der Waals surface area (Å²) in [6, 6.07) is 5.92. The lowest BCUT2D eigenvalue weighted by Crippen LogP contribution is -2.29. The molecule has 3 aliphatic rings. The highest BCUT2D eigenvalue weighted by Gasteiger charge is 2.45. The number of carboxylic acid groups (broad SMARTS) is 1. The lowest BCUT2D eigenvalue weighted by atomic mass is 9.73. The number of carbonyl (C=O) groups excluding carboxylic acids is 1. The first-order valence-corrected chi connectivity index (χ1v) is 15.8. The fourth-order valence-electron chi connectivity index (χ4n) is 7.47. The van der Waals surface area contributed by atoms with Gasteiger partial charge in [0.15, 0.2) is 6.61 Å². The van der Waals surface area contributed by atoms with Crippen molar-refractivity contribution in [3.8, 4) is 5.75 Å². The molecule has 6 heteroatoms. The van der Waals surface area contributed by atoms with E-state index in [0.29, 0.717) is 17.6 Å². The molecule has 0 bridgehead atoms. The van der Waals surface area contributed by atoms with Gasteiger partial charge in [-0.3, -0.25) is 4.79 Å². The second kappa shape index (κ2) is 15.1. The van der Waals surface area contributed by atoms with Crippen LogP contribution in [-0.4, -0.2) is 41.0 Å². The fraction of sp³-hybridized carbons (Fsp3) is 0.758. The summed E-state index contributed by atoms with van der Waals surface area (Å²) in [6.45, 7) is 1.91. The van der Waals surface area contributed by atoms with Gasteiger partial charge in [0.2, 0.25) is 0 Å². The van der Waals surface area contributed by atoms with Crippen molar-refractivity contribution in [2.75, 3.05) is 6.61 Å². The third-order valence-electron chi connectivity index (χ3n) is 9.62. The number of aliphatic hydroxyl groups is 1. The van der Waals surface area contributed by atoms with Crippen LogP contribution in [0, 0.1) is 23.7 Å². The summed E-state index contributed by atoms with van der Waals surface area (Å²) >= 11 is 0. The van der Waals surface area contributed by atoms with Crippen LogP contribution in [0.5, 0.6) is 5.75 Å². The molecule has 3 aliphatic carbocycles. The number of unbranched alkanes of at least 4 members (excludes halogenated alkanes) is 6. The number of rotatable bonds is 16. The minimum absolute atomic E-state index is 0.00535. The summed E-state index contributed by atoms with van der Waals surface area (Å²) < 4.78 is 11.7. The molecule has 0 radical (unpaired) electrons. The van der Waals surface area contributed by atoms with E-state index >= 15 is 0 Å². The maximum atomic E-state index is 12.9. The van der Waals surface area contributed by atoms with Gasteiger partial charge in [-0.15, -0.1) is 0 Å². The topological polar surface area (TPSA) is 93.1 Å². The zero-order valence-corrected chi connectivity index (χ0v) is 24.0. The Labute approximate surface area is 234 Å². The van der Waals surface area contributed by atoms with Crippen LogP contribution in [-0.2, 0) is 27.2 Å². The Hall–Kier alpha value is -2.08. The van der Waals surface area contributed by atoms with Gasteiger partial charge in [0.25, 0.3) is 0 Å². The average Bonchev–Trinajstić information content (AvgIpc) is 3.56. The number of esters is 1. The first-order chi connectivity index (χ1) is 19.0. The SMILES string of the molecule is CCCCCCCCC[C@@H](CC[C@@H]1[C@H]2Cc3cccc(OCC(=O)O)c3C[C@H]2C[C@H]1O)OC(=O)C1CCCC1. The summed E-state index contributed by atoms with van der Waals surface area (Å²) in [7, 11) is 0. The summed E-state index contributed by atoms with van der Waals surface area (Å²) in [5.41, 5.74) is 2.32. The number of hydrogen-bond donors (Lipinski definition) is 2. The summed E-state index contributed by atoms with van der Waals surface area (Å²) in [5, 5.41) is 20.2. The van der Waals surface area contributed by atoms with Crippen LogP contribution in [0.4, 0.5) is 0 Å². The molecule has 1 aromatic carbocycles. The predicted molar refractivity (Wildman–Crippen MR) is 152 cm³/mol. The zero-order valence-electron chi connectivity index (χ0n) is 24.0. The molecule has 0 aromatic heterocycles. The first kappa shape index (κ1) is 29.9. The highest BCUT2D eigenvalue weighted by atomic mass is 16.5. The van der Waals surface area contributed by atoms with Crippen molar-refractivity contribution in [3.63, 3.8) is 0 Å². The van der Waals surface area contributed by atoms with Crippen LogP contribution in [0.25, 0.3) is 0 Å². The van der Waals surface area contributed by atoms with E-state index in [4.69, 9.17) is 14.6 Å². The lowest BCUT2D eigenvalue weighted by molar-refractivity contribution is -0.155. The minimum Gasteiger partial charge on any atom is -0.482 e. The monoisotopic (exact) mass is 542 g/mol. The van der Waals surface area contributed by atoms with E-state index in [1.807, 2.05) is 12.1 Å². The minimum atomic E-state index is -0.975. The lowest BCUT2D eigenvalue weighted by Gasteiger charge is -2.33. The Bertz CT molecular complexity index is 923. The molecule has 0 heterocycles. The van der Waals surface area contributed by atoms with Crippen molar-refractivity contribution in [1.29, 1.82) is 0 Å². The van der Waals surface area contributed by atoms with Crippen molar-refractivity contribution in [2.45, 2.75) is 128 Å². The number of aliphatic hydroxyl groups excluding tert-OH is 1. The molecule has 0 saturated heterocycles. The second-order valence-corrected chi connectivity index (χ2v) is 12.4. The quantitative estimate of drug-likeness (QED) is 0.175. The predicted octanol–water partition coefficient (Wildman–Crippen LogP) is 6.88. The maximum absolute atomic E-state index is 12.9. The number of hydrogen-bond acceptors (Lipinski definition) is 5. The Kier molecular flexibility index (Phi) is 11.5. The van der Waals surface area contributed by atoms with Crippen LogP contribution in [0.2, 0.25) is 0 Å². The molecule has 4 rings (SSSR count). The molecule has 2 saturated carbocycles. The van der Waals surface area contributed by atoms with Crippen LogP contribution >= 0.6 is 0 Å². The Balaban J connectivity index is 1.34. The largest absolute Gasteiger partial charge is 0.482 e. The van der Waals surface area contributed by atoms with Gasteiger partial charge in [0.1, 0.15) is 11.9 Å². The molecule has 0 spiro atoms. The highest BCUT2D eigenvalue weighted by molar-refractivity contribution is 5.72. The molecule has 39 heavy (non-hydrogen) atoms. The molecule has 218 valence electrons. The summed E-state index contributed by atoms with van der Waals surface area (Å²) in [6.07, 6.45) is 17.6.